The van der Waals surface area contributed by atoms with Gasteiger partial charge in [0.25, 0.3) is 0 Å². The van der Waals surface area contributed by atoms with Gasteiger partial charge in [-0.1, -0.05) is 24.3 Å². The van der Waals surface area contributed by atoms with Gasteiger partial charge >= 0.3 is 0 Å². The number of hydrogen-bond acceptors (Lipinski definition) is 3. The molecule has 0 spiro atoms. The molecule has 0 fully saturated rings. The SMILES string of the molecule is CO.Cc1cc(C=O)cc2c1-c1ccccc1C2=O. The molecule has 0 aliphatic heterocycles. The molecule has 0 atom stereocenters. The lowest BCUT2D eigenvalue weighted by molar-refractivity contribution is 0.104. The molecule has 0 unspecified atom stereocenters. The molecule has 19 heavy (non-hydrogen) atoms. The Kier molecular flexibility index (Phi) is 3.58. The summed E-state index contributed by atoms with van der Waals surface area (Å²) in [7, 11) is 1.00. The first kappa shape index (κ1) is 13.2. The summed E-state index contributed by atoms with van der Waals surface area (Å²) in [5.41, 5.74) is 4.85. The van der Waals surface area contributed by atoms with Crippen molar-refractivity contribution < 1.29 is 14.7 Å². The Hall–Kier alpha value is -2.26. The van der Waals surface area contributed by atoms with Crippen molar-refractivity contribution in [3.8, 4) is 11.1 Å². The maximum absolute atomic E-state index is 12.2. The van der Waals surface area contributed by atoms with Gasteiger partial charge in [-0.3, -0.25) is 9.59 Å². The van der Waals surface area contributed by atoms with E-state index in [1.54, 1.807) is 6.07 Å². The Bertz CT molecular complexity index is 657. The number of carbonyl (C=O) groups is 2. The first-order valence-electron chi connectivity index (χ1n) is 5.91. The lowest BCUT2D eigenvalue weighted by Crippen LogP contribution is -1.96. The van der Waals surface area contributed by atoms with Gasteiger partial charge in [-0.05, 0) is 35.7 Å². The minimum atomic E-state index is 0.0161. The van der Waals surface area contributed by atoms with Crippen molar-refractivity contribution in [1.82, 2.24) is 0 Å². The number of ketones is 1. The fraction of sp³-hybridized carbons (Fsp3) is 0.125. The molecule has 0 radical (unpaired) electrons. The number of aliphatic hydroxyl groups is 1. The van der Waals surface area contributed by atoms with Crippen LogP contribution in [0.15, 0.2) is 36.4 Å². The molecule has 0 saturated carbocycles. The Labute approximate surface area is 111 Å². The molecule has 1 aliphatic rings. The second kappa shape index (κ2) is 5.16. The van der Waals surface area contributed by atoms with Crippen molar-refractivity contribution in [1.29, 1.82) is 0 Å². The predicted octanol–water partition coefficient (Wildman–Crippen LogP) is 2.63. The summed E-state index contributed by atoms with van der Waals surface area (Å²) in [5.74, 6) is 0.0161. The highest BCUT2D eigenvalue weighted by molar-refractivity contribution is 6.22. The molecule has 0 heterocycles. The molecular weight excluding hydrogens is 240 g/mol. The van der Waals surface area contributed by atoms with E-state index < -0.39 is 0 Å². The second-order valence-corrected chi connectivity index (χ2v) is 4.25. The van der Waals surface area contributed by atoms with Crippen molar-refractivity contribution in [3.05, 3.63) is 58.7 Å². The predicted molar refractivity (Wildman–Crippen MR) is 73.6 cm³/mol. The molecular formula is C16H14O3. The molecule has 96 valence electrons. The van der Waals surface area contributed by atoms with Crippen molar-refractivity contribution in [3.63, 3.8) is 0 Å². The maximum atomic E-state index is 12.2. The summed E-state index contributed by atoms with van der Waals surface area (Å²) in [4.78, 5) is 23.0. The molecule has 0 saturated heterocycles. The lowest BCUT2D eigenvalue weighted by Gasteiger charge is -2.05. The number of benzene rings is 2. The number of fused-ring (bicyclic) bond motifs is 3. The minimum absolute atomic E-state index is 0.0161. The van der Waals surface area contributed by atoms with E-state index in [4.69, 9.17) is 5.11 Å². The van der Waals surface area contributed by atoms with Crippen LogP contribution < -0.4 is 0 Å². The number of aliphatic hydroxyl groups excluding tert-OH is 1. The molecule has 0 bridgehead atoms. The molecule has 1 aliphatic carbocycles. The molecule has 2 aromatic carbocycles. The van der Waals surface area contributed by atoms with E-state index in [0.717, 1.165) is 35.6 Å². The standard InChI is InChI=1S/C15H10O2.CH4O/c1-9-6-10(8-16)7-13-14(9)11-4-2-3-5-12(11)15(13)17;1-2/h2-8H,1H3;2H,1H3. The molecule has 3 heteroatoms. The number of aryl methyl sites for hydroxylation is 1. The number of carbonyl (C=O) groups excluding carboxylic acids is 2. The zero-order valence-electron chi connectivity index (χ0n) is 10.8. The van der Waals surface area contributed by atoms with Gasteiger partial charge in [0, 0.05) is 23.8 Å². The normalized spacial score (nSPS) is 11.2. The summed E-state index contributed by atoms with van der Waals surface area (Å²) in [6.07, 6.45) is 0.781. The van der Waals surface area contributed by atoms with Gasteiger partial charge in [0.2, 0.25) is 0 Å². The topological polar surface area (TPSA) is 54.4 Å². The van der Waals surface area contributed by atoms with E-state index in [1.165, 1.54) is 0 Å². The van der Waals surface area contributed by atoms with E-state index in [-0.39, 0.29) is 5.78 Å². The maximum Gasteiger partial charge on any atom is 0.194 e. The average molecular weight is 254 g/mol. The zero-order chi connectivity index (χ0) is 14.0. The second-order valence-electron chi connectivity index (χ2n) is 4.25. The first-order chi connectivity index (χ1) is 9.22. The summed E-state index contributed by atoms with van der Waals surface area (Å²) >= 11 is 0. The minimum Gasteiger partial charge on any atom is -0.400 e. The fourth-order valence-corrected chi connectivity index (χ4v) is 2.46. The number of rotatable bonds is 1. The molecule has 0 amide bonds. The Morgan fingerprint density at radius 1 is 1.00 bits per heavy atom. The van der Waals surface area contributed by atoms with Crippen molar-refractivity contribution >= 4 is 12.1 Å². The van der Waals surface area contributed by atoms with Gasteiger partial charge in [-0.15, -0.1) is 0 Å². The zero-order valence-corrected chi connectivity index (χ0v) is 10.8. The van der Waals surface area contributed by atoms with Crippen LogP contribution in [0.3, 0.4) is 0 Å². The average Bonchev–Trinajstić information content (AvgIpc) is 2.75. The van der Waals surface area contributed by atoms with Crippen LogP contribution in [0, 0.1) is 6.92 Å². The quantitative estimate of drug-likeness (QED) is 0.679. The van der Waals surface area contributed by atoms with Gasteiger partial charge in [0.05, 0.1) is 0 Å². The molecule has 1 N–H and O–H groups in total. The summed E-state index contributed by atoms with van der Waals surface area (Å²) < 4.78 is 0. The smallest absolute Gasteiger partial charge is 0.194 e. The first-order valence-corrected chi connectivity index (χ1v) is 5.91. The van der Waals surface area contributed by atoms with Gasteiger partial charge in [-0.25, -0.2) is 0 Å². The lowest BCUT2D eigenvalue weighted by atomic mass is 9.98. The molecule has 2 aromatic rings. The number of aldehydes is 1. The summed E-state index contributed by atoms with van der Waals surface area (Å²) in [6.45, 7) is 1.93. The highest BCUT2D eigenvalue weighted by Crippen LogP contribution is 2.38. The van der Waals surface area contributed by atoms with E-state index in [0.29, 0.717) is 11.1 Å². The van der Waals surface area contributed by atoms with E-state index in [2.05, 4.69) is 0 Å². The van der Waals surface area contributed by atoms with Crippen LogP contribution in [0.2, 0.25) is 0 Å². The van der Waals surface area contributed by atoms with Crippen LogP contribution in [0.1, 0.15) is 31.8 Å². The van der Waals surface area contributed by atoms with Crippen LogP contribution in [0.4, 0.5) is 0 Å². The third kappa shape index (κ3) is 1.98. The van der Waals surface area contributed by atoms with Crippen LogP contribution in [0.25, 0.3) is 11.1 Å². The Balaban J connectivity index is 0.000000637. The van der Waals surface area contributed by atoms with E-state index in [1.807, 2.05) is 37.3 Å². The fourth-order valence-electron chi connectivity index (χ4n) is 2.46. The summed E-state index contributed by atoms with van der Waals surface area (Å²) in [5, 5.41) is 7.00. The van der Waals surface area contributed by atoms with Crippen LogP contribution in [-0.4, -0.2) is 24.3 Å². The Morgan fingerprint density at radius 3 is 2.26 bits per heavy atom. The number of hydrogen-bond donors (Lipinski definition) is 1. The van der Waals surface area contributed by atoms with Gasteiger partial charge < -0.3 is 5.11 Å². The monoisotopic (exact) mass is 254 g/mol. The van der Waals surface area contributed by atoms with Gasteiger partial charge in [0.15, 0.2) is 5.78 Å². The molecule has 3 nitrogen and oxygen atoms in total. The highest BCUT2D eigenvalue weighted by atomic mass is 16.2. The van der Waals surface area contributed by atoms with Gasteiger partial charge in [0.1, 0.15) is 6.29 Å². The van der Waals surface area contributed by atoms with Crippen molar-refractivity contribution in [2.24, 2.45) is 0 Å². The third-order valence-electron chi connectivity index (χ3n) is 3.18. The highest BCUT2D eigenvalue weighted by Gasteiger charge is 2.27. The van der Waals surface area contributed by atoms with Crippen LogP contribution >= 0.6 is 0 Å². The molecule has 3 rings (SSSR count). The van der Waals surface area contributed by atoms with Crippen LogP contribution in [0.5, 0.6) is 0 Å². The van der Waals surface area contributed by atoms with Crippen molar-refractivity contribution in [2.45, 2.75) is 6.92 Å². The summed E-state index contributed by atoms with van der Waals surface area (Å²) in [6, 6.07) is 11.1. The van der Waals surface area contributed by atoms with Crippen LogP contribution in [-0.2, 0) is 0 Å². The largest absolute Gasteiger partial charge is 0.400 e. The third-order valence-corrected chi connectivity index (χ3v) is 3.18. The van der Waals surface area contributed by atoms with E-state index >= 15 is 0 Å². The van der Waals surface area contributed by atoms with Gasteiger partial charge in [-0.2, -0.15) is 0 Å². The van der Waals surface area contributed by atoms with E-state index in [9.17, 15) is 9.59 Å². The Morgan fingerprint density at radius 2 is 1.63 bits per heavy atom. The van der Waals surface area contributed by atoms with Crippen molar-refractivity contribution in [2.75, 3.05) is 7.11 Å². The molecule has 0 aromatic heterocycles.